The monoisotopic (exact) mass is 431 g/mol. The zero-order valence-electron chi connectivity index (χ0n) is 17.6. The van der Waals surface area contributed by atoms with Crippen molar-refractivity contribution in [3.63, 3.8) is 0 Å². The lowest BCUT2D eigenvalue weighted by Crippen LogP contribution is -2.57. The van der Waals surface area contributed by atoms with Crippen LogP contribution in [0.4, 0.5) is 5.69 Å². The number of aliphatic hydroxyl groups excluding tert-OH is 1. The second-order valence-electron chi connectivity index (χ2n) is 9.41. The lowest BCUT2D eigenvalue weighted by molar-refractivity contribution is -0.139. The normalized spacial score (nSPS) is 32.3. The molecule has 8 heteroatoms. The SMILES string of the molecule is CC(C)(C)NC(=O)C1N(CCO)C(=O)[C@@H]2[C@@H](C(=O)Nc3ccccc3)[C@H]3CCC12S3. The molecule has 3 aliphatic heterocycles. The topological polar surface area (TPSA) is 98.7 Å². The van der Waals surface area contributed by atoms with Gasteiger partial charge >= 0.3 is 0 Å². The summed E-state index contributed by atoms with van der Waals surface area (Å²) in [5.41, 5.74) is 0.259. The molecule has 2 bridgehead atoms. The van der Waals surface area contributed by atoms with Gasteiger partial charge in [0.2, 0.25) is 17.7 Å². The molecule has 3 fully saturated rings. The molecule has 1 aromatic carbocycles. The Bertz CT molecular complexity index is 856. The van der Waals surface area contributed by atoms with Crippen LogP contribution in [0.5, 0.6) is 0 Å². The third kappa shape index (κ3) is 3.39. The first-order valence-electron chi connectivity index (χ1n) is 10.4. The summed E-state index contributed by atoms with van der Waals surface area (Å²) in [6.07, 6.45) is 1.52. The van der Waals surface area contributed by atoms with Crippen LogP contribution in [-0.4, -0.2) is 62.5 Å². The van der Waals surface area contributed by atoms with Gasteiger partial charge in [0.05, 0.1) is 23.2 Å². The number of amides is 3. The van der Waals surface area contributed by atoms with Crippen molar-refractivity contribution >= 4 is 35.2 Å². The van der Waals surface area contributed by atoms with Crippen molar-refractivity contribution in [1.29, 1.82) is 0 Å². The van der Waals surface area contributed by atoms with Gasteiger partial charge in [0.1, 0.15) is 6.04 Å². The van der Waals surface area contributed by atoms with Gasteiger partial charge in [-0.25, -0.2) is 0 Å². The van der Waals surface area contributed by atoms with E-state index in [4.69, 9.17) is 0 Å². The summed E-state index contributed by atoms with van der Waals surface area (Å²) in [4.78, 5) is 41.5. The van der Waals surface area contributed by atoms with Crippen LogP contribution in [-0.2, 0) is 14.4 Å². The largest absolute Gasteiger partial charge is 0.395 e. The van der Waals surface area contributed by atoms with E-state index in [1.165, 1.54) is 4.90 Å². The van der Waals surface area contributed by atoms with Gasteiger partial charge < -0.3 is 20.6 Å². The number of thioether (sulfide) groups is 1. The quantitative estimate of drug-likeness (QED) is 0.658. The summed E-state index contributed by atoms with van der Waals surface area (Å²) in [5, 5.41) is 15.6. The first kappa shape index (κ1) is 21.2. The van der Waals surface area contributed by atoms with Crippen LogP contribution in [0.1, 0.15) is 33.6 Å². The molecule has 4 rings (SSSR count). The van der Waals surface area contributed by atoms with Crippen molar-refractivity contribution in [3.8, 4) is 0 Å². The van der Waals surface area contributed by atoms with Gasteiger partial charge in [0, 0.05) is 23.0 Å². The molecule has 3 heterocycles. The van der Waals surface area contributed by atoms with E-state index >= 15 is 0 Å². The molecule has 0 saturated carbocycles. The number of aliphatic hydroxyl groups is 1. The van der Waals surface area contributed by atoms with Crippen LogP contribution >= 0.6 is 11.8 Å². The average molecular weight is 432 g/mol. The highest BCUT2D eigenvalue weighted by molar-refractivity contribution is 8.02. The van der Waals surface area contributed by atoms with E-state index in [1.807, 2.05) is 51.1 Å². The van der Waals surface area contributed by atoms with Crippen molar-refractivity contribution in [2.24, 2.45) is 11.8 Å². The summed E-state index contributed by atoms with van der Waals surface area (Å²) in [6.45, 7) is 5.59. The molecule has 0 radical (unpaired) electrons. The molecule has 5 atom stereocenters. The average Bonchev–Trinajstić information content (AvgIpc) is 3.29. The Morgan fingerprint density at radius 2 is 1.93 bits per heavy atom. The van der Waals surface area contributed by atoms with E-state index in [2.05, 4.69) is 10.6 Å². The van der Waals surface area contributed by atoms with Gasteiger partial charge in [-0.05, 0) is 45.7 Å². The second-order valence-corrected chi connectivity index (χ2v) is 11.0. The van der Waals surface area contributed by atoms with Crippen molar-refractivity contribution in [1.82, 2.24) is 10.2 Å². The molecular weight excluding hydrogens is 402 g/mol. The number of carbonyl (C=O) groups is 3. The smallest absolute Gasteiger partial charge is 0.244 e. The summed E-state index contributed by atoms with van der Waals surface area (Å²) in [5.74, 6) is -1.60. The number of carbonyl (C=O) groups excluding carboxylic acids is 3. The number of rotatable bonds is 5. The Morgan fingerprint density at radius 3 is 2.57 bits per heavy atom. The third-order valence-corrected chi connectivity index (χ3v) is 8.18. The highest BCUT2D eigenvalue weighted by Gasteiger charge is 2.73. The molecule has 3 N–H and O–H groups in total. The van der Waals surface area contributed by atoms with Crippen molar-refractivity contribution in [2.45, 2.75) is 55.2 Å². The summed E-state index contributed by atoms with van der Waals surface area (Å²) in [6, 6.07) is 8.55. The molecule has 3 aliphatic rings. The van der Waals surface area contributed by atoms with E-state index in [9.17, 15) is 19.5 Å². The van der Waals surface area contributed by atoms with Gasteiger partial charge in [-0.3, -0.25) is 14.4 Å². The highest BCUT2D eigenvalue weighted by Crippen LogP contribution is 2.66. The lowest BCUT2D eigenvalue weighted by Gasteiger charge is -2.36. The number of fused-ring (bicyclic) bond motifs is 1. The van der Waals surface area contributed by atoms with Crippen LogP contribution in [0.25, 0.3) is 0 Å². The predicted molar refractivity (Wildman–Crippen MR) is 116 cm³/mol. The Hall–Kier alpha value is -2.06. The number of likely N-dealkylation sites (tertiary alicyclic amines) is 1. The minimum Gasteiger partial charge on any atom is -0.395 e. The van der Waals surface area contributed by atoms with Crippen LogP contribution < -0.4 is 10.6 Å². The maximum atomic E-state index is 13.5. The van der Waals surface area contributed by atoms with E-state index < -0.39 is 28.2 Å². The zero-order chi connectivity index (χ0) is 21.7. The maximum Gasteiger partial charge on any atom is 0.244 e. The minimum absolute atomic E-state index is 0.0175. The Balaban J connectivity index is 1.66. The van der Waals surface area contributed by atoms with E-state index in [-0.39, 0.29) is 36.1 Å². The first-order valence-corrected chi connectivity index (χ1v) is 11.3. The van der Waals surface area contributed by atoms with Crippen LogP contribution in [0.2, 0.25) is 0 Å². The number of hydrogen-bond donors (Lipinski definition) is 3. The Kier molecular flexibility index (Phi) is 5.34. The van der Waals surface area contributed by atoms with Crippen LogP contribution in [0.15, 0.2) is 30.3 Å². The van der Waals surface area contributed by atoms with Gasteiger partial charge in [0.25, 0.3) is 0 Å². The summed E-state index contributed by atoms with van der Waals surface area (Å²) in [7, 11) is 0. The van der Waals surface area contributed by atoms with Gasteiger partial charge in [-0.1, -0.05) is 18.2 Å². The van der Waals surface area contributed by atoms with Crippen LogP contribution in [0, 0.1) is 11.8 Å². The minimum atomic E-state index is -0.675. The summed E-state index contributed by atoms with van der Waals surface area (Å²) >= 11 is 1.63. The van der Waals surface area contributed by atoms with E-state index in [0.717, 1.165) is 12.8 Å². The number of para-hydroxylation sites is 1. The lowest BCUT2D eigenvalue weighted by atomic mass is 9.70. The van der Waals surface area contributed by atoms with Crippen LogP contribution in [0.3, 0.4) is 0 Å². The molecule has 0 aromatic heterocycles. The highest BCUT2D eigenvalue weighted by atomic mass is 32.2. The standard InChI is InChI=1S/C22H29N3O4S/c1-21(2,3)24-19(28)17-22-10-9-14(30-22)15(16(22)20(29)25(17)11-12-26)18(27)23-13-7-5-4-6-8-13/h4-8,14-17,26H,9-12H2,1-3H3,(H,23,27)(H,24,28)/t14-,15+,16+,17?,22?/m1/s1. The molecule has 2 unspecified atom stereocenters. The molecule has 0 aliphatic carbocycles. The molecule has 1 spiro atoms. The Labute approximate surface area is 181 Å². The maximum absolute atomic E-state index is 13.5. The van der Waals surface area contributed by atoms with E-state index in [0.29, 0.717) is 5.69 Å². The van der Waals surface area contributed by atoms with Gasteiger partial charge in [-0.15, -0.1) is 11.8 Å². The fourth-order valence-corrected chi connectivity index (χ4v) is 7.51. The molecule has 162 valence electrons. The van der Waals surface area contributed by atoms with Crippen molar-refractivity contribution < 1.29 is 19.5 Å². The number of benzene rings is 1. The fourth-order valence-electron chi connectivity index (χ4n) is 5.29. The number of anilines is 1. The molecular formula is C22H29N3O4S. The van der Waals surface area contributed by atoms with Crippen molar-refractivity contribution in [3.05, 3.63) is 30.3 Å². The Morgan fingerprint density at radius 1 is 1.23 bits per heavy atom. The third-order valence-electron chi connectivity index (χ3n) is 6.23. The van der Waals surface area contributed by atoms with Gasteiger partial charge in [-0.2, -0.15) is 0 Å². The molecule has 3 saturated heterocycles. The molecule has 3 amide bonds. The molecule has 30 heavy (non-hydrogen) atoms. The number of nitrogens with zero attached hydrogens (tertiary/aromatic N) is 1. The molecule has 1 aromatic rings. The number of β-amino-alcohol motifs (C(OH)–C–C–N with tert-alkyl or cyclic N) is 1. The fraction of sp³-hybridized carbons (Fsp3) is 0.591. The second kappa shape index (κ2) is 7.57. The zero-order valence-corrected chi connectivity index (χ0v) is 18.4. The van der Waals surface area contributed by atoms with Gasteiger partial charge in [0.15, 0.2) is 0 Å². The van der Waals surface area contributed by atoms with Crippen molar-refractivity contribution in [2.75, 3.05) is 18.5 Å². The number of hydrogen-bond acceptors (Lipinski definition) is 5. The van der Waals surface area contributed by atoms with E-state index in [1.54, 1.807) is 11.8 Å². The summed E-state index contributed by atoms with van der Waals surface area (Å²) < 4.78 is -0.620. The predicted octanol–water partition coefficient (Wildman–Crippen LogP) is 1.62. The molecule has 7 nitrogen and oxygen atoms in total. The number of nitrogens with one attached hydrogen (secondary N) is 2. The first-order chi connectivity index (χ1) is 14.2.